The fraction of sp³-hybridized carbons (Fsp3) is 0.300. The van der Waals surface area contributed by atoms with Crippen molar-refractivity contribution >= 4 is 45.2 Å². The summed E-state index contributed by atoms with van der Waals surface area (Å²) in [5.41, 5.74) is 1.99. The number of halogens is 1. The van der Waals surface area contributed by atoms with Crippen molar-refractivity contribution in [1.82, 2.24) is 5.32 Å². The zero-order chi connectivity index (χ0) is 18.1. The molecule has 2 amide bonds. The number of hydrogen-bond donors (Lipinski definition) is 1. The van der Waals surface area contributed by atoms with Gasteiger partial charge in [-0.05, 0) is 42.7 Å². The van der Waals surface area contributed by atoms with Gasteiger partial charge >= 0.3 is 0 Å². The lowest BCUT2D eigenvalue weighted by Crippen LogP contribution is -2.39. The fourth-order valence-corrected chi connectivity index (χ4v) is 5.10. The molecule has 0 aliphatic carbocycles. The summed E-state index contributed by atoms with van der Waals surface area (Å²) in [6.07, 6.45) is 1.45. The average molecular weight is 431 g/mol. The summed E-state index contributed by atoms with van der Waals surface area (Å²) >= 11 is 5.26. The molecule has 2 aromatic rings. The van der Waals surface area contributed by atoms with Crippen LogP contribution in [0.15, 0.2) is 57.9 Å². The molecule has 2 heterocycles. The molecule has 2 atom stereocenters. The van der Waals surface area contributed by atoms with Gasteiger partial charge in [-0.15, -0.1) is 11.8 Å². The minimum absolute atomic E-state index is 0.00679. The maximum atomic E-state index is 12.8. The standard InChI is InChI=1S/C20H19BrN2O2S/c21-13-4-3-5-14(12-13)23-10-8-16(20(23)25)19(24)22-17-9-11-26-18-7-2-1-6-15(17)18/h1-7,12,16-17H,8-11H2,(H,22,24). The highest BCUT2D eigenvalue weighted by Crippen LogP contribution is 2.36. The predicted octanol–water partition coefficient (Wildman–Crippen LogP) is 4.16. The molecular weight excluding hydrogens is 412 g/mol. The normalized spacial score (nSPS) is 22.2. The number of anilines is 1. The van der Waals surface area contributed by atoms with Crippen LogP contribution in [0.5, 0.6) is 0 Å². The first-order chi connectivity index (χ1) is 12.6. The molecule has 134 valence electrons. The zero-order valence-corrected chi connectivity index (χ0v) is 16.6. The van der Waals surface area contributed by atoms with Crippen LogP contribution in [-0.4, -0.2) is 24.1 Å². The third-order valence-electron chi connectivity index (χ3n) is 4.92. The third-order valence-corrected chi connectivity index (χ3v) is 6.53. The van der Waals surface area contributed by atoms with Crippen molar-refractivity contribution in [3.63, 3.8) is 0 Å². The first kappa shape index (κ1) is 17.6. The number of carbonyl (C=O) groups excluding carboxylic acids is 2. The van der Waals surface area contributed by atoms with Gasteiger partial charge in [0.25, 0.3) is 0 Å². The van der Waals surface area contributed by atoms with Crippen LogP contribution in [-0.2, 0) is 9.59 Å². The number of nitrogens with one attached hydrogen (secondary N) is 1. The first-order valence-electron chi connectivity index (χ1n) is 8.72. The van der Waals surface area contributed by atoms with Gasteiger partial charge in [0.2, 0.25) is 11.8 Å². The van der Waals surface area contributed by atoms with E-state index in [0.29, 0.717) is 13.0 Å². The highest BCUT2D eigenvalue weighted by molar-refractivity contribution is 9.10. The van der Waals surface area contributed by atoms with Gasteiger partial charge in [-0.2, -0.15) is 0 Å². The van der Waals surface area contributed by atoms with E-state index in [4.69, 9.17) is 0 Å². The Bertz CT molecular complexity index is 857. The molecule has 0 bridgehead atoms. The number of thioether (sulfide) groups is 1. The van der Waals surface area contributed by atoms with Crippen molar-refractivity contribution in [2.45, 2.75) is 23.8 Å². The molecule has 26 heavy (non-hydrogen) atoms. The Morgan fingerprint density at radius 3 is 2.85 bits per heavy atom. The summed E-state index contributed by atoms with van der Waals surface area (Å²) in [6, 6.07) is 15.8. The van der Waals surface area contributed by atoms with Crippen LogP contribution in [0.2, 0.25) is 0 Å². The summed E-state index contributed by atoms with van der Waals surface area (Å²) in [4.78, 5) is 28.5. The van der Waals surface area contributed by atoms with Gasteiger partial charge in [0, 0.05) is 27.4 Å². The van der Waals surface area contributed by atoms with Gasteiger partial charge in [-0.3, -0.25) is 9.59 Å². The molecule has 6 heteroatoms. The molecule has 4 nitrogen and oxygen atoms in total. The Kier molecular flexibility index (Phi) is 5.05. The molecule has 1 saturated heterocycles. The van der Waals surface area contributed by atoms with Crippen LogP contribution in [0.4, 0.5) is 5.69 Å². The smallest absolute Gasteiger partial charge is 0.239 e. The van der Waals surface area contributed by atoms with Crippen molar-refractivity contribution in [1.29, 1.82) is 0 Å². The average Bonchev–Trinajstić information content (AvgIpc) is 3.03. The first-order valence-corrected chi connectivity index (χ1v) is 10.5. The Labute approximate surface area is 165 Å². The third kappa shape index (κ3) is 3.40. The number of hydrogen-bond acceptors (Lipinski definition) is 3. The second kappa shape index (κ2) is 7.45. The van der Waals surface area contributed by atoms with E-state index in [-0.39, 0.29) is 17.9 Å². The van der Waals surface area contributed by atoms with E-state index in [9.17, 15) is 9.59 Å². The van der Waals surface area contributed by atoms with Crippen molar-refractivity contribution in [3.05, 3.63) is 58.6 Å². The lowest BCUT2D eigenvalue weighted by Gasteiger charge is -2.26. The molecular formula is C20H19BrN2O2S. The van der Waals surface area contributed by atoms with E-state index in [1.807, 2.05) is 48.2 Å². The van der Waals surface area contributed by atoms with Gasteiger partial charge in [0.1, 0.15) is 5.92 Å². The molecule has 2 aliphatic rings. The van der Waals surface area contributed by atoms with E-state index >= 15 is 0 Å². The van der Waals surface area contributed by atoms with Crippen LogP contribution >= 0.6 is 27.7 Å². The van der Waals surface area contributed by atoms with Crippen molar-refractivity contribution < 1.29 is 9.59 Å². The van der Waals surface area contributed by atoms with Gasteiger partial charge in [0.15, 0.2) is 0 Å². The second-order valence-electron chi connectivity index (χ2n) is 6.55. The molecule has 1 N–H and O–H groups in total. The molecule has 2 aliphatic heterocycles. The Balaban J connectivity index is 1.47. The van der Waals surface area contributed by atoms with Crippen LogP contribution in [0, 0.1) is 5.92 Å². The minimum atomic E-state index is -0.601. The van der Waals surface area contributed by atoms with E-state index in [1.165, 1.54) is 4.90 Å². The van der Waals surface area contributed by atoms with Crippen LogP contribution in [0.25, 0.3) is 0 Å². The van der Waals surface area contributed by atoms with Gasteiger partial charge in [-0.25, -0.2) is 0 Å². The number of nitrogens with zero attached hydrogens (tertiary/aromatic N) is 1. The fourth-order valence-electron chi connectivity index (χ4n) is 3.59. The number of benzene rings is 2. The highest BCUT2D eigenvalue weighted by Gasteiger charge is 2.38. The van der Waals surface area contributed by atoms with Crippen molar-refractivity contribution in [2.24, 2.45) is 5.92 Å². The number of rotatable bonds is 3. The van der Waals surface area contributed by atoms with E-state index in [2.05, 4.69) is 33.4 Å². The van der Waals surface area contributed by atoms with Crippen LogP contribution < -0.4 is 10.2 Å². The Morgan fingerprint density at radius 1 is 1.15 bits per heavy atom. The summed E-state index contributed by atoms with van der Waals surface area (Å²) in [6.45, 7) is 0.574. The maximum absolute atomic E-state index is 12.8. The maximum Gasteiger partial charge on any atom is 0.239 e. The molecule has 0 aromatic heterocycles. The quantitative estimate of drug-likeness (QED) is 0.743. The van der Waals surface area contributed by atoms with Gasteiger partial charge < -0.3 is 10.2 Å². The van der Waals surface area contributed by atoms with E-state index in [1.54, 1.807) is 4.90 Å². The Hall–Kier alpha value is -1.79. The van der Waals surface area contributed by atoms with Crippen LogP contribution in [0.1, 0.15) is 24.4 Å². The minimum Gasteiger partial charge on any atom is -0.349 e. The summed E-state index contributed by atoms with van der Waals surface area (Å²) in [5.74, 6) is 0.110. The Morgan fingerprint density at radius 2 is 2.00 bits per heavy atom. The van der Waals surface area contributed by atoms with Crippen molar-refractivity contribution in [3.8, 4) is 0 Å². The zero-order valence-electron chi connectivity index (χ0n) is 14.2. The number of carbonyl (C=O) groups is 2. The number of amides is 2. The highest BCUT2D eigenvalue weighted by atomic mass is 79.9. The van der Waals surface area contributed by atoms with Gasteiger partial charge in [-0.1, -0.05) is 40.2 Å². The molecule has 4 rings (SSSR count). The second-order valence-corrected chi connectivity index (χ2v) is 8.60. The summed E-state index contributed by atoms with van der Waals surface area (Å²) in [7, 11) is 0. The lowest BCUT2D eigenvalue weighted by atomic mass is 10.0. The topological polar surface area (TPSA) is 49.4 Å². The largest absolute Gasteiger partial charge is 0.349 e. The van der Waals surface area contributed by atoms with Crippen LogP contribution in [0.3, 0.4) is 0 Å². The molecule has 1 fully saturated rings. The number of fused-ring (bicyclic) bond motifs is 1. The summed E-state index contributed by atoms with van der Waals surface area (Å²) < 4.78 is 0.923. The molecule has 0 spiro atoms. The molecule has 2 unspecified atom stereocenters. The van der Waals surface area contributed by atoms with E-state index < -0.39 is 5.92 Å². The molecule has 0 radical (unpaired) electrons. The molecule has 2 aromatic carbocycles. The molecule has 0 saturated carbocycles. The monoisotopic (exact) mass is 430 g/mol. The SMILES string of the molecule is O=C(NC1CCSc2ccccc21)C1CCN(c2cccc(Br)c2)C1=O. The van der Waals surface area contributed by atoms with E-state index in [0.717, 1.165) is 27.9 Å². The summed E-state index contributed by atoms with van der Waals surface area (Å²) in [5, 5.41) is 3.12. The lowest BCUT2D eigenvalue weighted by molar-refractivity contribution is -0.132. The van der Waals surface area contributed by atoms with Crippen molar-refractivity contribution in [2.75, 3.05) is 17.2 Å². The predicted molar refractivity (Wildman–Crippen MR) is 107 cm³/mol. The van der Waals surface area contributed by atoms with Gasteiger partial charge in [0.05, 0.1) is 6.04 Å².